The lowest BCUT2D eigenvalue weighted by Crippen LogP contribution is -2.42. The molecule has 10 heteroatoms. The number of non-ortho nitro benzene ring substituents is 1. The highest BCUT2D eigenvalue weighted by Gasteiger charge is 2.45. The van der Waals surface area contributed by atoms with Gasteiger partial charge in [0, 0.05) is 29.8 Å². The standard InChI is InChI=1S/C20H19N7O3/c1-20(2)7-14-17(15(28)8-20)16(11-4-3-5-12(6-11)27(29)30)13(9-21)18(22)26(14)19-23-10-24-25-19/h3-6,10,16H,7-8,22H2,1-2H3,(H,23,24,25). The number of carbonyl (C=O) groups is 1. The second-order valence-corrected chi connectivity index (χ2v) is 8.14. The molecule has 1 aliphatic heterocycles. The maximum absolute atomic E-state index is 13.3. The van der Waals surface area contributed by atoms with Crippen LogP contribution in [0.15, 0.2) is 53.3 Å². The normalized spacial score (nSPS) is 20.8. The minimum atomic E-state index is -0.785. The Morgan fingerprint density at radius 3 is 2.80 bits per heavy atom. The molecule has 0 bridgehead atoms. The molecule has 0 saturated carbocycles. The fraction of sp³-hybridized carbons (Fsp3) is 0.300. The molecule has 0 radical (unpaired) electrons. The molecule has 0 spiro atoms. The number of benzene rings is 1. The first-order chi connectivity index (χ1) is 14.2. The van der Waals surface area contributed by atoms with Gasteiger partial charge in [0.1, 0.15) is 12.1 Å². The Kier molecular flexibility index (Phi) is 4.38. The van der Waals surface area contributed by atoms with E-state index in [9.17, 15) is 20.2 Å². The van der Waals surface area contributed by atoms with Crippen molar-refractivity contribution in [2.24, 2.45) is 11.1 Å². The van der Waals surface area contributed by atoms with Crippen LogP contribution >= 0.6 is 0 Å². The molecule has 30 heavy (non-hydrogen) atoms. The summed E-state index contributed by atoms with van der Waals surface area (Å²) in [5.74, 6) is -0.485. The number of hydrogen-bond acceptors (Lipinski definition) is 8. The molecule has 1 aromatic carbocycles. The van der Waals surface area contributed by atoms with Gasteiger partial charge < -0.3 is 5.73 Å². The predicted molar refractivity (Wildman–Crippen MR) is 107 cm³/mol. The van der Waals surface area contributed by atoms with Crippen molar-refractivity contribution < 1.29 is 9.72 Å². The first-order valence-corrected chi connectivity index (χ1v) is 9.29. The van der Waals surface area contributed by atoms with E-state index in [0.29, 0.717) is 35.6 Å². The van der Waals surface area contributed by atoms with Crippen LogP contribution < -0.4 is 10.6 Å². The van der Waals surface area contributed by atoms with Gasteiger partial charge in [-0.25, -0.2) is 5.10 Å². The average molecular weight is 405 g/mol. The second kappa shape index (κ2) is 6.81. The van der Waals surface area contributed by atoms with Crippen molar-refractivity contribution in [3.05, 3.63) is 68.9 Å². The van der Waals surface area contributed by atoms with Crippen LogP contribution in [0.25, 0.3) is 0 Å². The Bertz CT molecular complexity index is 1160. The molecule has 0 amide bonds. The maximum atomic E-state index is 13.3. The van der Waals surface area contributed by atoms with Crippen molar-refractivity contribution in [1.82, 2.24) is 15.2 Å². The minimum absolute atomic E-state index is 0.119. The molecule has 0 saturated heterocycles. The van der Waals surface area contributed by atoms with Crippen molar-refractivity contribution >= 4 is 17.4 Å². The first-order valence-electron chi connectivity index (χ1n) is 9.29. The Hall–Kier alpha value is -4.00. The van der Waals surface area contributed by atoms with Gasteiger partial charge in [0.2, 0.25) is 5.95 Å². The van der Waals surface area contributed by atoms with E-state index in [1.807, 2.05) is 13.8 Å². The van der Waals surface area contributed by atoms with Crippen molar-refractivity contribution in [1.29, 1.82) is 5.26 Å². The summed E-state index contributed by atoms with van der Waals surface area (Å²) < 4.78 is 0. The molecule has 1 aliphatic carbocycles. The van der Waals surface area contributed by atoms with Crippen LogP contribution in [0.3, 0.4) is 0 Å². The van der Waals surface area contributed by atoms with Crippen LogP contribution in [0, 0.1) is 26.9 Å². The van der Waals surface area contributed by atoms with Crippen LogP contribution in [-0.2, 0) is 4.79 Å². The number of Topliss-reactive ketones (excluding diaryl/α,β-unsaturated/α-hetero) is 1. The van der Waals surface area contributed by atoms with E-state index >= 15 is 0 Å². The predicted octanol–water partition coefficient (Wildman–Crippen LogP) is 2.65. The van der Waals surface area contributed by atoms with Gasteiger partial charge in [0.05, 0.1) is 22.5 Å². The summed E-state index contributed by atoms with van der Waals surface area (Å²) in [7, 11) is 0. The van der Waals surface area contributed by atoms with Crippen molar-refractivity contribution in [2.75, 3.05) is 4.90 Å². The minimum Gasteiger partial charge on any atom is -0.384 e. The van der Waals surface area contributed by atoms with Gasteiger partial charge >= 0.3 is 0 Å². The molecule has 1 unspecified atom stereocenters. The number of anilines is 1. The number of nitrogens with zero attached hydrogens (tertiary/aromatic N) is 5. The quantitative estimate of drug-likeness (QED) is 0.583. The summed E-state index contributed by atoms with van der Waals surface area (Å²) >= 11 is 0. The summed E-state index contributed by atoms with van der Waals surface area (Å²) in [6.45, 7) is 3.96. The number of aromatic nitrogens is 3. The van der Waals surface area contributed by atoms with Gasteiger partial charge in [-0.1, -0.05) is 26.0 Å². The van der Waals surface area contributed by atoms with E-state index in [2.05, 4.69) is 21.3 Å². The highest BCUT2D eigenvalue weighted by Crippen LogP contribution is 2.49. The Morgan fingerprint density at radius 1 is 1.40 bits per heavy atom. The SMILES string of the molecule is CC1(C)CC(=O)C2=C(C1)N(c1ncn[nH]1)C(N)=C(C#N)C2c1cccc([N+](=O)[O-])c1. The van der Waals surface area contributed by atoms with Crippen molar-refractivity contribution in [3.8, 4) is 6.07 Å². The van der Waals surface area contributed by atoms with E-state index in [1.165, 1.54) is 18.5 Å². The monoisotopic (exact) mass is 405 g/mol. The number of nitrogens with two attached hydrogens (primary N) is 1. The maximum Gasteiger partial charge on any atom is 0.269 e. The molecule has 10 nitrogen and oxygen atoms in total. The molecule has 152 valence electrons. The number of nitrogens with one attached hydrogen (secondary N) is 1. The highest BCUT2D eigenvalue weighted by molar-refractivity contribution is 6.01. The fourth-order valence-electron chi connectivity index (χ4n) is 4.21. The number of H-pyrrole nitrogens is 1. The number of aromatic amines is 1. The van der Waals surface area contributed by atoms with E-state index in [1.54, 1.807) is 17.0 Å². The summed E-state index contributed by atoms with van der Waals surface area (Å²) in [5.41, 5.74) is 7.61. The molecule has 2 aliphatic rings. The molecule has 4 rings (SSSR count). The fourth-order valence-corrected chi connectivity index (χ4v) is 4.21. The van der Waals surface area contributed by atoms with Gasteiger partial charge in [-0.2, -0.15) is 15.3 Å². The number of rotatable bonds is 3. The van der Waals surface area contributed by atoms with Crippen molar-refractivity contribution in [3.63, 3.8) is 0 Å². The molecule has 1 aromatic heterocycles. The van der Waals surface area contributed by atoms with E-state index < -0.39 is 10.8 Å². The Morgan fingerprint density at radius 2 is 2.17 bits per heavy atom. The third kappa shape index (κ3) is 3.00. The molecule has 2 heterocycles. The zero-order valence-corrected chi connectivity index (χ0v) is 16.4. The molecular formula is C20H19N7O3. The average Bonchev–Trinajstić information content (AvgIpc) is 3.20. The number of nitro benzene ring substituents is 1. The van der Waals surface area contributed by atoms with E-state index in [-0.39, 0.29) is 28.3 Å². The molecule has 2 aromatic rings. The van der Waals surface area contributed by atoms with E-state index in [4.69, 9.17) is 5.73 Å². The summed E-state index contributed by atoms with van der Waals surface area (Å²) in [4.78, 5) is 29.8. The Labute approximate surface area is 171 Å². The van der Waals surface area contributed by atoms with Gasteiger partial charge in [-0.15, -0.1) is 0 Å². The highest BCUT2D eigenvalue weighted by atomic mass is 16.6. The van der Waals surface area contributed by atoms with Crippen LogP contribution in [0.4, 0.5) is 11.6 Å². The zero-order chi connectivity index (χ0) is 21.6. The number of nitro groups is 1. The lowest BCUT2D eigenvalue weighted by atomic mass is 9.68. The van der Waals surface area contributed by atoms with Gasteiger partial charge in [0.25, 0.3) is 5.69 Å². The van der Waals surface area contributed by atoms with Gasteiger partial charge in [-0.3, -0.25) is 19.8 Å². The number of nitriles is 1. The third-order valence-corrected chi connectivity index (χ3v) is 5.41. The molecule has 0 fully saturated rings. The largest absolute Gasteiger partial charge is 0.384 e. The van der Waals surface area contributed by atoms with Crippen LogP contribution in [0.5, 0.6) is 0 Å². The second-order valence-electron chi connectivity index (χ2n) is 8.14. The molecular weight excluding hydrogens is 386 g/mol. The van der Waals surface area contributed by atoms with Crippen LogP contribution in [-0.4, -0.2) is 25.9 Å². The summed E-state index contributed by atoms with van der Waals surface area (Å²) in [6.07, 6.45) is 2.12. The number of carbonyl (C=O) groups excluding carboxylic acids is 1. The van der Waals surface area contributed by atoms with Gasteiger partial charge in [0.15, 0.2) is 5.78 Å². The van der Waals surface area contributed by atoms with Crippen LogP contribution in [0.2, 0.25) is 0 Å². The summed E-state index contributed by atoms with van der Waals surface area (Å²) in [6, 6.07) is 8.08. The number of hydrogen-bond donors (Lipinski definition) is 2. The van der Waals surface area contributed by atoms with Crippen LogP contribution in [0.1, 0.15) is 38.2 Å². The Balaban J connectivity index is 1.99. The first kappa shape index (κ1) is 19.3. The smallest absolute Gasteiger partial charge is 0.269 e. The lowest BCUT2D eigenvalue weighted by molar-refractivity contribution is -0.384. The zero-order valence-electron chi connectivity index (χ0n) is 16.4. The lowest BCUT2D eigenvalue weighted by Gasteiger charge is -2.42. The number of ketones is 1. The molecule has 1 atom stereocenters. The number of allylic oxidation sites excluding steroid dienone is 3. The topological polar surface area (TPSA) is 155 Å². The van der Waals surface area contributed by atoms with Gasteiger partial charge in [-0.05, 0) is 17.4 Å². The summed E-state index contributed by atoms with van der Waals surface area (Å²) in [5, 5.41) is 27.8. The third-order valence-electron chi connectivity index (χ3n) is 5.41. The van der Waals surface area contributed by atoms with E-state index in [0.717, 1.165) is 0 Å². The van der Waals surface area contributed by atoms with Crippen molar-refractivity contribution in [2.45, 2.75) is 32.6 Å². The molecule has 3 N–H and O–H groups in total.